The van der Waals surface area contributed by atoms with Gasteiger partial charge in [-0.2, -0.15) is 0 Å². The van der Waals surface area contributed by atoms with Gasteiger partial charge >= 0.3 is 0 Å². The summed E-state index contributed by atoms with van der Waals surface area (Å²) in [5.74, 6) is 0.884. The zero-order valence-electron chi connectivity index (χ0n) is 5.40. The highest BCUT2D eigenvalue weighted by Gasteiger charge is 1.80. The van der Waals surface area contributed by atoms with Crippen molar-refractivity contribution in [3.05, 3.63) is 0 Å². The molecule has 0 spiro atoms. The van der Waals surface area contributed by atoms with Crippen molar-refractivity contribution >= 4 is 12.4 Å². The second-order valence-corrected chi connectivity index (χ2v) is 1.80. The van der Waals surface area contributed by atoms with Crippen LogP contribution in [0.3, 0.4) is 0 Å². The van der Waals surface area contributed by atoms with Gasteiger partial charge in [0.25, 0.3) is 0 Å². The quantitative estimate of drug-likeness (QED) is 0.575. The van der Waals surface area contributed by atoms with Gasteiger partial charge in [-0.3, -0.25) is 0 Å². The first-order valence-corrected chi connectivity index (χ1v) is 2.27. The van der Waals surface area contributed by atoms with Gasteiger partial charge in [-0.05, 0) is 5.92 Å². The minimum absolute atomic E-state index is 0. The first-order valence-electron chi connectivity index (χ1n) is 2.27. The third-order valence-electron chi connectivity index (χ3n) is 0.816. The van der Waals surface area contributed by atoms with E-state index in [4.69, 9.17) is 0 Å². The zero-order chi connectivity index (χ0) is 4.28. The molecule has 0 saturated heterocycles. The summed E-state index contributed by atoms with van der Waals surface area (Å²) >= 11 is 0. The lowest BCUT2D eigenvalue weighted by Crippen LogP contribution is -1.77. The van der Waals surface area contributed by atoms with Crippen LogP contribution in [0.2, 0.25) is 0 Å². The van der Waals surface area contributed by atoms with Crippen molar-refractivity contribution in [3.63, 3.8) is 0 Å². The normalized spacial score (nSPS) is 6.86. The first kappa shape index (κ1) is 15.7. The molecular weight excluding hydrogens is 110 g/mol. The summed E-state index contributed by atoms with van der Waals surface area (Å²) in [6, 6.07) is 0. The summed E-state index contributed by atoms with van der Waals surface area (Å²) in [5, 5.41) is 0. The van der Waals surface area contributed by atoms with E-state index in [-0.39, 0.29) is 18.6 Å². The fourth-order valence-corrected chi connectivity index (χ4v) is 0. The lowest BCUT2D eigenvalue weighted by Gasteiger charge is -1.90. The molecule has 3 N–H and O–H groups in total. The molecular formula is C5H16ClN. The van der Waals surface area contributed by atoms with Gasteiger partial charge in [-0.1, -0.05) is 27.2 Å². The predicted molar refractivity (Wildman–Crippen MR) is 37.4 cm³/mol. The summed E-state index contributed by atoms with van der Waals surface area (Å²) in [7, 11) is 0. The van der Waals surface area contributed by atoms with Crippen LogP contribution in [0.15, 0.2) is 0 Å². The molecule has 0 aromatic heterocycles. The number of halogens is 1. The Kier molecular flexibility index (Phi) is 21.4. The van der Waals surface area contributed by atoms with Gasteiger partial charge in [-0.25, -0.2) is 0 Å². The highest BCUT2D eigenvalue weighted by Crippen LogP contribution is 1.93. The van der Waals surface area contributed by atoms with E-state index in [9.17, 15) is 0 Å². The molecule has 1 nitrogen and oxygen atoms in total. The smallest absolute Gasteiger partial charge is 0.0474 e. The van der Waals surface area contributed by atoms with E-state index in [1.54, 1.807) is 0 Å². The van der Waals surface area contributed by atoms with Crippen LogP contribution in [0, 0.1) is 5.92 Å². The van der Waals surface area contributed by atoms with Crippen molar-refractivity contribution in [2.24, 2.45) is 5.92 Å². The monoisotopic (exact) mass is 125 g/mol. The molecule has 0 heterocycles. The molecule has 0 amide bonds. The Morgan fingerprint density at radius 2 is 1.43 bits per heavy atom. The summed E-state index contributed by atoms with van der Waals surface area (Å²) in [6.45, 7) is 6.64. The van der Waals surface area contributed by atoms with Gasteiger partial charge in [0.15, 0.2) is 0 Å². The van der Waals surface area contributed by atoms with Crippen molar-refractivity contribution in [3.8, 4) is 0 Å². The molecule has 0 rings (SSSR count). The highest BCUT2D eigenvalue weighted by molar-refractivity contribution is 5.85. The minimum atomic E-state index is 0. The molecule has 0 fully saturated rings. The molecule has 0 aromatic carbocycles. The van der Waals surface area contributed by atoms with Gasteiger partial charge in [0.1, 0.15) is 0 Å². The third-order valence-corrected chi connectivity index (χ3v) is 0.816. The van der Waals surface area contributed by atoms with Gasteiger partial charge in [-0.15, -0.1) is 12.4 Å². The summed E-state index contributed by atoms with van der Waals surface area (Å²) in [6.07, 6.45) is 1.31. The van der Waals surface area contributed by atoms with Crippen LogP contribution in [0.1, 0.15) is 27.2 Å². The standard InChI is InChI=1S/C5H12.ClH.H3N/c1-4-5(2)3;;/h5H,4H2,1-3H3;1H;1H3. The topological polar surface area (TPSA) is 35.0 Å². The zero-order valence-corrected chi connectivity index (χ0v) is 6.22. The first-order chi connectivity index (χ1) is 2.27. The van der Waals surface area contributed by atoms with Gasteiger partial charge in [0.2, 0.25) is 0 Å². The van der Waals surface area contributed by atoms with Crippen molar-refractivity contribution in [2.75, 3.05) is 0 Å². The predicted octanol–water partition coefficient (Wildman–Crippen LogP) is 2.64. The van der Waals surface area contributed by atoms with Crippen molar-refractivity contribution in [1.82, 2.24) is 6.15 Å². The molecule has 2 heteroatoms. The van der Waals surface area contributed by atoms with Crippen molar-refractivity contribution in [1.29, 1.82) is 0 Å². The molecule has 0 saturated carbocycles. The van der Waals surface area contributed by atoms with Gasteiger partial charge in [0.05, 0.1) is 0 Å². The van der Waals surface area contributed by atoms with Crippen molar-refractivity contribution in [2.45, 2.75) is 27.2 Å². The molecule has 0 aliphatic heterocycles. The van der Waals surface area contributed by atoms with Crippen LogP contribution >= 0.6 is 12.4 Å². The second kappa shape index (κ2) is 9.54. The van der Waals surface area contributed by atoms with Gasteiger partial charge in [0, 0.05) is 0 Å². The Morgan fingerprint density at radius 1 is 1.29 bits per heavy atom. The summed E-state index contributed by atoms with van der Waals surface area (Å²) in [5.41, 5.74) is 0. The molecule has 0 atom stereocenters. The molecule has 0 bridgehead atoms. The van der Waals surface area contributed by atoms with E-state index in [0.717, 1.165) is 5.92 Å². The fourth-order valence-electron chi connectivity index (χ4n) is 0. The Hall–Kier alpha value is 0.250. The average molecular weight is 126 g/mol. The Bertz CT molecular complexity index is 22.0. The van der Waals surface area contributed by atoms with E-state index >= 15 is 0 Å². The van der Waals surface area contributed by atoms with Crippen LogP contribution in [0.25, 0.3) is 0 Å². The maximum atomic E-state index is 2.22. The molecule has 0 aliphatic carbocycles. The third kappa shape index (κ3) is 22.3. The van der Waals surface area contributed by atoms with Gasteiger partial charge < -0.3 is 6.15 Å². The van der Waals surface area contributed by atoms with E-state index < -0.39 is 0 Å². The van der Waals surface area contributed by atoms with Crippen LogP contribution in [-0.2, 0) is 0 Å². The number of rotatable bonds is 1. The second-order valence-electron chi connectivity index (χ2n) is 1.80. The maximum Gasteiger partial charge on any atom is -0.0474 e. The lowest BCUT2D eigenvalue weighted by molar-refractivity contribution is 0.626. The SMILES string of the molecule is CCC(C)C.Cl.N. The van der Waals surface area contributed by atoms with Crippen LogP contribution in [0.4, 0.5) is 0 Å². The van der Waals surface area contributed by atoms with E-state index in [0.29, 0.717) is 0 Å². The lowest BCUT2D eigenvalue weighted by atomic mass is 10.2. The number of hydrogen-bond acceptors (Lipinski definition) is 1. The van der Waals surface area contributed by atoms with E-state index in [2.05, 4.69) is 20.8 Å². The fraction of sp³-hybridized carbons (Fsp3) is 1.00. The Labute approximate surface area is 52.5 Å². The molecule has 0 aliphatic rings. The van der Waals surface area contributed by atoms with Crippen LogP contribution < -0.4 is 6.15 Å². The Morgan fingerprint density at radius 3 is 1.43 bits per heavy atom. The Balaban J connectivity index is -0.0000000800. The largest absolute Gasteiger partial charge is 0.344 e. The van der Waals surface area contributed by atoms with E-state index in [1.807, 2.05) is 0 Å². The number of hydrogen-bond donors (Lipinski definition) is 1. The highest BCUT2D eigenvalue weighted by atomic mass is 35.5. The molecule has 0 radical (unpaired) electrons. The minimum Gasteiger partial charge on any atom is -0.344 e. The summed E-state index contributed by atoms with van der Waals surface area (Å²) in [4.78, 5) is 0. The van der Waals surface area contributed by atoms with Crippen LogP contribution in [-0.4, -0.2) is 0 Å². The molecule has 0 aromatic rings. The molecule has 48 valence electrons. The summed E-state index contributed by atoms with van der Waals surface area (Å²) < 4.78 is 0. The maximum absolute atomic E-state index is 2.22. The van der Waals surface area contributed by atoms with Crippen molar-refractivity contribution < 1.29 is 0 Å². The average Bonchev–Trinajstić information content (AvgIpc) is 1.38. The van der Waals surface area contributed by atoms with E-state index in [1.165, 1.54) is 6.42 Å². The molecule has 7 heavy (non-hydrogen) atoms. The van der Waals surface area contributed by atoms with Crippen LogP contribution in [0.5, 0.6) is 0 Å². The molecule has 0 unspecified atom stereocenters.